The number of carbonyl (C=O) groups excluding carboxylic acids is 1. The van der Waals surface area contributed by atoms with Crippen LogP contribution in [0.25, 0.3) is 0 Å². The minimum absolute atomic E-state index is 0.0238. The maximum atomic E-state index is 13.5. The van der Waals surface area contributed by atoms with Crippen molar-refractivity contribution in [1.82, 2.24) is 4.47 Å². The lowest BCUT2D eigenvalue weighted by Crippen LogP contribution is -2.25. The number of carbonyl (C=O) groups is 1. The van der Waals surface area contributed by atoms with E-state index >= 15 is 0 Å². The summed E-state index contributed by atoms with van der Waals surface area (Å²) in [5.41, 5.74) is 0.251. The molecule has 1 amide bonds. The standard InChI is InChI=1S/C15H15FN2O4S/c1-18(22-2)23(20,21)12-9-7-11(8-10-12)15(19)17-14-6-4-3-5-13(14)16/h3-10H,1-2H3,(H,17,19). The van der Waals surface area contributed by atoms with Crippen LogP contribution < -0.4 is 5.32 Å². The van der Waals surface area contributed by atoms with Crippen molar-refractivity contribution in [1.29, 1.82) is 0 Å². The van der Waals surface area contributed by atoms with E-state index in [0.717, 1.165) is 0 Å². The topological polar surface area (TPSA) is 75.7 Å². The Bertz CT molecular complexity index is 806. The number of hydrogen-bond acceptors (Lipinski definition) is 4. The molecule has 0 atom stereocenters. The van der Waals surface area contributed by atoms with Gasteiger partial charge in [0.25, 0.3) is 15.9 Å². The van der Waals surface area contributed by atoms with Crippen molar-refractivity contribution in [2.75, 3.05) is 19.5 Å². The molecule has 1 N–H and O–H groups in total. The van der Waals surface area contributed by atoms with Crippen LogP contribution in [0.5, 0.6) is 0 Å². The molecule has 2 rings (SSSR count). The van der Waals surface area contributed by atoms with Crippen LogP contribution in [-0.4, -0.2) is 33.0 Å². The van der Waals surface area contributed by atoms with Crippen LogP contribution in [-0.2, 0) is 14.9 Å². The Morgan fingerprint density at radius 1 is 1.13 bits per heavy atom. The Hall–Kier alpha value is -2.29. The molecule has 0 fully saturated rings. The molecular weight excluding hydrogens is 323 g/mol. The fraction of sp³-hybridized carbons (Fsp3) is 0.133. The molecular formula is C15H15FN2O4S. The summed E-state index contributed by atoms with van der Waals surface area (Å²) >= 11 is 0. The van der Waals surface area contributed by atoms with Crippen LogP contribution in [0.15, 0.2) is 53.4 Å². The molecule has 122 valence electrons. The van der Waals surface area contributed by atoms with Gasteiger partial charge in [0.1, 0.15) is 5.82 Å². The second-order valence-corrected chi connectivity index (χ2v) is 6.49. The molecule has 0 unspecified atom stereocenters. The minimum atomic E-state index is -3.78. The Balaban J connectivity index is 2.20. The van der Waals surface area contributed by atoms with E-state index < -0.39 is 21.7 Å². The first-order valence-corrected chi connectivity index (χ1v) is 7.99. The van der Waals surface area contributed by atoms with E-state index in [1.54, 1.807) is 6.07 Å². The van der Waals surface area contributed by atoms with Crippen LogP contribution in [0.2, 0.25) is 0 Å². The number of benzene rings is 2. The number of halogens is 1. The van der Waals surface area contributed by atoms with Gasteiger partial charge >= 0.3 is 0 Å². The first kappa shape index (κ1) is 17.1. The van der Waals surface area contributed by atoms with E-state index in [1.807, 2.05) is 0 Å². The van der Waals surface area contributed by atoms with Crippen LogP contribution in [0.3, 0.4) is 0 Å². The van der Waals surface area contributed by atoms with E-state index in [0.29, 0.717) is 4.47 Å². The molecule has 0 saturated carbocycles. The van der Waals surface area contributed by atoms with Crippen molar-refractivity contribution in [3.05, 3.63) is 59.9 Å². The molecule has 8 heteroatoms. The lowest BCUT2D eigenvalue weighted by molar-refractivity contribution is -0.0258. The largest absolute Gasteiger partial charge is 0.319 e. The molecule has 0 aromatic heterocycles. The summed E-state index contributed by atoms with van der Waals surface area (Å²) in [4.78, 5) is 16.7. The van der Waals surface area contributed by atoms with Gasteiger partial charge in [0.05, 0.1) is 17.7 Å². The lowest BCUT2D eigenvalue weighted by atomic mass is 10.2. The van der Waals surface area contributed by atoms with Crippen molar-refractivity contribution < 1.29 is 22.4 Å². The van der Waals surface area contributed by atoms with Gasteiger partial charge in [-0.25, -0.2) is 12.8 Å². The highest BCUT2D eigenvalue weighted by Gasteiger charge is 2.21. The predicted molar refractivity (Wildman–Crippen MR) is 82.8 cm³/mol. The molecule has 0 spiro atoms. The molecule has 0 bridgehead atoms. The molecule has 2 aromatic carbocycles. The van der Waals surface area contributed by atoms with Crippen LogP contribution in [0.1, 0.15) is 10.4 Å². The number of rotatable bonds is 5. The number of nitrogens with one attached hydrogen (secondary N) is 1. The Labute approximate surface area is 133 Å². The van der Waals surface area contributed by atoms with Crippen LogP contribution in [0.4, 0.5) is 10.1 Å². The molecule has 0 aliphatic carbocycles. The normalized spacial score (nSPS) is 11.5. The van der Waals surface area contributed by atoms with Gasteiger partial charge in [-0.05, 0) is 36.4 Å². The van der Waals surface area contributed by atoms with Gasteiger partial charge in [0, 0.05) is 12.6 Å². The summed E-state index contributed by atoms with van der Waals surface area (Å²) in [6.07, 6.45) is 0. The quantitative estimate of drug-likeness (QED) is 0.849. The van der Waals surface area contributed by atoms with Gasteiger partial charge in [-0.1, -0.05) is 16.6 Å². The van der Waals surface area contributed by atoms with E-state index in [1.165, 1.54) is 56.6 Å². The Kier molecular flexibility index (Phi) is 5.09. The van der Waals surface area contributed by atoms with Crippen LogP contribution in [0, 0.1) is 5.82 Å². The molecule has 0 aliphatic rings. The number of para-hydroxylation sites is 1. The van der Waals surface area contributed by atoms with Gasteiger partial charge in [-0.2, -0.15) is 0 Å². The number of hydrogen-bond donors (Lipinski definition) is 1. The van der Waals surface area contributed by atoms with Crippen molar-refractivity contribution in [3.63, 3.8) is 0 Å². The highest BCUT2D eigenvalue weighted by atomic mass is 32.2. The van der Waals surface area contributed by atoms with Crippen molar-refractivity contribution >= 4 is 21.6 Å². The number of nitrogens with zero attached hydrogens (tertiary/aromatic N) is 1. The number of hydroxylamine groups is 1. The molecule has 0 heterocycles. The highest BCUT2D eigenvalue weighted by Crippen LogP contribution is 2.17. The Morgan fingerprint density at radius 3 is 2.30 bits per heavy atom. The summed E-state index contributed by atoms with van der Waals surface area (Å²) < 4.78 is 38.3. The number of anilines is 1. The zero-order chi connectivity index (χ0) is 17.0. The molecule has 0 saturated heterocycles. The maximum absolute atomic E-state index is 13.5. The third kappa shape index (κ3) is 3.73. The minimum Gasteiger partial charge on any atom is -0.319 e. The number of amides is 1. The highest BCUT2D eigenvalue weighted by molar-refractivity contribution is 7.89. The first-order chi connectivity index (χ1) is 10.9. The van der Waals surface area contributed by atoms with Gasteiger partial charge < -0.3 is 5.32 Å². The fourth-order valence-corrected chi connectivity index (χ4v) is 2.76. The van der Waals surface area contributed by atoms with E-state index in [4.69, 9.17) is 0 Å². The third-order valence-electron chi connectivity index (χ3n) is 3.13. The van der Waals surface area contributed by atoms with Crippen LogP contribution >= 0.6 is 0 Å². The van der Waals surface area contributed by atoms with E-state index in [-0.39, 0.29) is 16.1 Å². The zero-order valence-electron chi connectivity index (χ0n) is 12.5. The second-order valence-electron chi connectivity index (χ2n) is 4.56. The smallest absolute Gasteiger partial charge is 0.264 e. The summed E-state index contributed by atoms with van der Waals surface area (Å²) in [6.45, 7) is 0. The predicted octanol–water partition coefficient (Wildman–Crippen LogP) is 2.26. The van der Waals surface area contributed by atoms with Crippen molar-refractivity contribution in [3.8, 4) is 0 Å². The molecule has 0 aliphatic heterocycles. The zero-order valence-corrected chi connectivity index (χ0v) is 13.3. The summed E-state index contributed by atoms with van der Waals surface area (Å²) in [6, 6.07) is 11.0. The Morgan fingerprint density at radius 2 is 1.74 bits per heavy atom. The maximum Gasteiger partial charge on any atom is 0.264 e. The average Bonchev–Trinajstić information content (AvgIpc) is 2.56. The monoisotopic (exact) mass is 338 g/mol. The van der Waals surface area contributed by atoms with E-state index in [9.17, 15) is 17.6 Å². The SMILES string of the molecule is CON(C)S(=O)(=O)c1ccc(C(=O)Nc2ccccc2F)cc1. The first-order valence-electron chi connectivity index (χ1n) is 6.55. The molecule has 23 heavy (non-hydrogen) atoms. The average molecular weight is 338 g/mol. The van der Waals surface area contributed by atoms with Gasteiger partial charge in [0.15, 0.2) is 0 Å². The molecule has 0 radical (unpaired) electrons. The van der Waals surface area contributed by atoms with Gasteiger partial charge in [-0.3, -0.25) is 9.63 Å². The number of sulfonamides is 1. The lowest BCUT2D eigenvalue weighted by Gasteiger charge is -2.14. The van der Waals surface area contributed by atoms with Gasteiger partial charge in [0.2, 0.25) is 0 Å². The molecule has 6 nitrogen and oxygen atoms in total. The second kappa shape index (κ2) is 6.86. The van der Waals surface area contributed by atoms with E-state index in [2.05, 4.69) is 10.2 Å². The van der Waals surface area contributed by atoms with Crippen molar-refractivity contribution in [2.24, 2.45) is 0 Å². The van der Waals surface area contributed by atoms with Crippen molar-refractivity contribution in [2.45, 2.75) is 4.90 Å². The molecule has 2 aromatic rings. The summed E-state index contributed by atoms with van der Waals surface area (Å²) in [5, 5.41) is 2.42. The summed E-state index contributed by atoms with van der Waals surface area (Å²) in [7, 11) is -1.29. The fourth-order valence-electron chi connectivity index (χ4n) is 1.78. The third-order valence-corrected chi connectivity index (χ3v) is 4.83. The van der Waals surface area contributed by atoms with Gasteiger partial charge in [-0.15, -0.1) is 0 Å². The summed E-state index contributed by atoms with van der Waals surface area (Å²) in [5.74, 6) is -1.10.